The van der Waals surface area contributed by atoms with Crippen molar-refractivity contribution in [3.8, 4) is 0 Å². The van der Waals surface area contributed by atoms with Gasteiger partial charge in [-0.05, 0) is 26.0 Å². The first-order chi connectivity index (χ1) is 8.72. The molecule has 2 aromatic heterocycles. The largest absolute Gasteiger partial charge is 0.304 e. The molecule has 0 amide bonds. The minimum atomic E-state index is 0.00616. The van der Waals surface area contributed by atoms with Gasteiger partial charge >= 0.3 is 0 Å². The van der Waals surface area contributed by atoms with E-state index in [1.54, 1.807) is 17.1 Å². The number of hydrogen-bond acceptors (Lipinski definition) is 5. The quantitative estimate of drug-likeness (QED) is 0.852. The van der Waals surface area contributed by atoms with Crippen molar-refractivity contribution < 1.29 is 0 Å². The Morgan fingerprint density at radius 3 is 2.89 bits per heavy atom. The van der Waals surface area contributed by atoms with Crippen LogP contribution in [0.5, 0.6) is 0 Å². The number of aromatic nitrogens is 5. The van der Waals surface area contributed by atoms with Crippen molar-refractivity contribution in [2.45, 2.75) is 26.3 Å². The van der Waals surface area contributed by atoms with Crippen molar-refractivity contribution in [2.75, 3.05) is 6.54 Å². The number of nitrogens with zero attached hydrogens (tertiary/aromatic N) is 5. The number of rotatable bonds is 5. The fourth-order valence-electron chi connectivity index (χ4n) is 1.84. The van der Waals surface area contributed by atoms with Crippen molar-refractivity contribution >= 4 is 0 Å². The second kappa shape index (κ2) is 5.68. The maximum Gasteiger partial charge on any atom is 0.125 e. The lowest BCUT2D eigenvalue weighted by Gasteiger charge is -2.17. The molecule has 0 aliphatic carbocycles. The summed E-state index contributed by atoms with van der Waals surface area (Å²) in [6, 6.07) is 1.93. The van der Waals surface area contributed by atoms with Crippen molar-refractivity contribution in [1.82, 2.24) is 30.3 Å². The highest BCUT2D eigenvalue weighted by atomic mass is 15.4. The Hall–Kier alpha value is -1.82. The minimum Gasteiger partial charge on any atom is -0.304 e. The highest BCUT2D eigenvalue weighted by Crippen LogP contribution is 2.18. The van der Waals surface area contributed by atoms with Gasteiger partial charge in [-0.25, -0.2) is 9.97 Å². The minimum absolute atomic E-state index is 0.00616. The van der Waals surface area contributed by atoms with Gasteiger partial charge in [0.2, 0.25) is 0 Å². The van der Waals surface area contributed by atoms with Gasteiger partial charge < -0.3 is 5.32 Å². The van der Waals surface area contributed by atoms with Gasteiger partial charge in [0.25, 0.3) is 0 Å². The number of aryl methyl sites for hydroxylation is 2. The van der Waals surface area contributed by atoms with E-state index in [0.29, 0.717) is 0 Å². The zero-order chi connectivity index (χ0) is 13.0. The molecular formula is C12H18N6. The van der Waals surface area contributed by atoms with E-state index in [1.165, 1.54) is 0 Å². The van der Waals surface area contributed by atoms with E-state index in [1.807, 2.05) is 20.0 Å². The Labute approximate surface area is 106 Å². The summed E-state index contributed by atoms with van der Waals surface area (Å²) >= 11 is 0. The van der Waals surface area contributed by atoms with Gasteiger partial charge in [0.1, 0.15) is 5.82 Å². The van der Waals surface area contributed by atoms with Crippen LogP contribution in [0.3, 0.4) is 0 Å². The van der Waals surface area contributed by atoms with E-state index < -0.39 is 0 Å². The zero-order valence-corrected chi connectivity index (χ0v) is 11.0. The van der Waals surface area contributed by atoms with E-state index >= 15 is 0 Å². The summed E-state index contributed by atoms with van der Waals surface area (Å²) in [7, 11) is 1.89. The van der Waals surface area contributed by atoms with Crippen LogP contribution in [0.4, 0.5) is 0 Å². The van der Waals surface area contributed by atoms with E-state index in [0.717, 1.165) is 30.2 Å². The van der Waals surface area contributed by atoms with E-state index in [-0.39, 0.29) is 6.04 Å². The third kappa shape index (κ3) is 2.70. The first-order valence-corrected chi connectivity index (χ1v) is 6.10. The van der Waals surface area contributed by atoms with E-state index in [4.69, 9.17) is 0 Å². The molecule has 0 aliphatic rings. The lowest BCUT2D eigenvalue weighted by Crippen LogP contribution is -2.26. The van der Waals surface area contributed by atoms with Crippen LogP contribution in [-0.4, -0.2) is 31.5 Å². The topological polar surface area (TPSA) is 68.5 Å². The maximum absolute atomic E-state index is 4.48. The number of nitrogens with one attached hydrogen (secondary N) is 1. The van der Waals surface area contributed by atoms with Crippen LogP contribution in [0.1, 0.15) is 36.6 Å². The van der Waals surface area contributed by atoms with E-state index in [2.05, 4.69) is 32.5 Å². The summed E-state index contributed by atoms with van der Waals surface area (Å²) < 4.78 is 1.77. The predicted molar refractivity (Wildman–Crippen MR) is 67.9 cm³/mol. The summed E-state index contributed by atoms with van der Waals surface area (Å²) in [5, 5.41) is 11.4. The molecule has 0 bridgehead atoms. The van der Waals surface area contributed by atoms with Crippen LogP contribution in [0, 0.1) is 6.92 Å². The Morgan fingerprint density at radius 1 is 1.44 bits per heavy atom. The third-order valence-corrected chi connectivity index (χ3v) is 2.74. The van der Waals surface area contributed by atoms with Crippen LogP contribution < -0.4 is 5.32 Å². The van der Waals surface area contributed by atoms with Gasteiger partial charge in [0.05, 0.1) is 23.6 Å². The average molecular weight is 246 g/mol. The van der Waals surface area contributed by atoms with Crippen LogP contribution >= 0.6 is 0 Å². The fourth-order valence-corrected chi connectivity index (χ4v) is 1.84. The standard InChI is InChI=1S/C12H18N6/c1-4-6-14-12(11-8-15-17-18(11)3)10-5-7-13-9(2)16-10/h5,7-8,12,14H,4,6H2,1-3H3. The first-order valence-electron chi connectivity index (χ1n) is 6.10. The molecule has 6 heteroatoms. The predicted octanol–water partition coefficient (Wildman–Crippen LogP) is 1.00. The number of hydrogen-bond donors (Lipinski definition) is 1. The van der Waals surface area contributed by atoms with Gasteiger partial charge in [0, 0.05) is 13.2 Å². The average Bonchev–Trinajstić information content (AvgIpc) is 2.77. The summed E-state index contributed by atoms with van der Waals surface area (Å²) in [5.41, 5.74) is 1.95. The second-order valence-corrected chi connectivity index (χ2v) is 4.20. The van der Waals surface area contributed by atoms with E-state index in [9.17, 15) is 0 Å². The van der Waals surface area contributed by atoms with Gasteiger partial charge in [-0.3, -0.25) is 4.68 Å². The smallest absolute Gasteiger partial charge is 0.125 e. The molecule has 1 atom stereocenters. The lowest BCUT2D eigenvalue weighted by atomic mass is 10.1. The third-order valence-electron chi connectivity index (χ3n) is 2.74. The molecule has 6 nitrogen and oxygen atoms in total. The molecule has 1 N–H and O–H groups in total. The van der Waals surface area contributed by atoms with Crippen molar-refractivity contribution in [3.63, 3.8) is 0 Å². The molecule has 18 heavy (non-hydrogen) atoms. The van der Waals surface area contributed by atoms with Crippen LogP contribution in [-0.2, 0) is 7.05 Å². The molecule has 96 valence electrons. The molecule has 0 aromatic carbocycles. The Kier molecular flexibility index (Phi) is 3.99. The van der Waals surface area contributed by atoms with Crippen molar-refractivity contribution in [1.29, 1.82) is 0 Å². The maximum atomic E-state index is 4.48. The molecule has 0 spiro atoms. The zero-order valence-electron chi connectivity index (χ0n) is 11.0. The Bertz CT molecular complexity index is 507. The summed E-state index contributed by atoms with van der Waals surface area (Å²) in [4.78, 5) is 8.61. The highest BCUT2D eigenvalue weighted by molar-refractivity contribution is 5.19. The molecule has 2 heterocycles. The van der Waals surface area contributed by atoms with Gasteiger partial charge in [-0.1, -0.05) is 12.1 Å². The highest BCUT2D eigenvalue weighted by Gasteiger charge is 2.18. The molecular weight excluding hydrogens is 228 g/mol. The van der Waals surface area contributed by atoms with Gasteiger partial charge in [0.15, 0.2) is 0 Å². The molecule has 2 aromatic rings. The van der Waals surface area contributed by atoms with Crippen LogP contribution in [0.15, 0.2) is 18.5 Å². The van der Waals surface area contributed by atoms with Gasteiger partial charge in [-0.2, -0.15) is 0 Å². The summed E-state index contributed by atoms with van der Waals surface area (Å²) in [6.45, 7) is 4.94. The van der Waals surface area contributed by atoms with Crippen molar-refractivity contribution in [3.05, 3.63) is 35.7 Å². The first kappa shape index (κ1) is 12.6. The normalized spacial score (nSPS) is 12.6. The Morgan fingerprint density at radius 2 is 2.28 bits per heavy atom. The second-order valence-electron chi connectivity index (χ2n) is 4.20. The molecule has 2 rings (SSSR count). The summed E-state index contributed by atoms with van der Waals surface area (Å²) in [6.07, 6.45) is 4.61. The SMILES string of the molecule is CCCNC(c1ccnc(C)n1)c1cnnn1C. The monoisotopic (exact) mass is 246 g/mol. The molecule has 0 fully saturated rings. The van der Waals surface area contributed by atoms with Crippen LogP contribution in [0.25, 0.3) is 0 Å². The fraction of sp³-hybridized carbons (Fsp3) is 0.500. The van der Waals surface area contributed by atoms with Crippen molar-refractivity contribution in [2.24, 2.45) is 7.05 Å². The Balaban J connectivity index is 2.33. The molecule has 0 aliphatic heterocycles. The molecule has 1 unspecified atom stereocenters. The van der Waals surface area contributed by atoms with Gasteiger partial charge in [-0.15, -0.1) is 5.10 Å². The van der Waals surface area contributed by atoms with Crippen LogP contribution in [0.2, 0.25) is 0 Å². The lowest BCUT2D eigenvalue weighted by molar-refractivity contribution is 0.539. The molecule has 0 saturated heterocycles. The molecule has 0 saturated carbocycles. The molecule has 0 radical (unpaired) electrons. The summed E-state index contributed by atoms with van der Waals surface area (Å²) in [5.74, 6) is 0.769.